The first-order chi connectivity index (χ1) is 17.0. The van der Waals surface area contributed by atoms with Gasteiger partial charge in [0.25, 0.3) is 0 Å². The summed E-state index contributed by atoms with van der Waals surface area (Å²) in [5.41, 5.74) is 4.44. The average molecular weight is 555 g/mol. The number of rotatable bonds is 9. The molecular formula is C27H28BrN3O3S. The quantitative estimate of drug-likeness (QED) is 0.229. The number of ether oxygens (including phenoxy) is 1. The van der Waals surface area contributed by atoms with Crippen molar-refractivity contribution in [2.75, 3.05) is 6.61 Å². The van der Waals surface area contributed by atoms with E-state index in [4.69, 9.17) is 4.74 Å². The second-order valence-corrected chi connectivity index (χ2v) is 11.0. The Kier molecular flexibility index (Phi) is 6.93. The molecule has 2 heterocycles. The Labute approximate surface area is 217 Å². The number of phenols is 1. The van der Waals surface area contributed by atoms with Crippen LogP contribution in [0.2, 0.25) is 0 Å². The zero-order chi connectivity index (χ0) is 24.5. The van der Waals surface area contributed by atoms with Crippen molar-refractivity contribution in [3.8, 4) is 5.75 Å². The third kappa shape index (κ3) is 4.74. The van der Waals surface area contributed by atoms with Gasteiger partial charge in [0.05, 0.1) is 35.0 Å². The normalized spacial score (nSPS) is 14.4. The van der Waals surface area contributed by atoms with Gasteiger partial charge in [0.15, 0.2) is 0 Å². The highest BCUT2D eigenvalue weighted by atomic mass is 79.9. The molecule has 35 heavy (non-hydrogen) atoms. The van der Waals surface area contributed by atoms with E-state index < -0.39 is 0 Å². The number of imidazole rings is 1. The Balaban J connectivity index is 1.68. The fourth-order valence-corrected chi connectivity index (χ4v) is 6.11. The van der Waals surface area contributed by atoms with Crippen molar-refractivity contribution in [3.05, 3.63) is 82.0 Å². The largest absolute Gasteiger partial charge is 0.506 e. The van der Waals surface area contributed by atoms with Crippen LogP contribution in [0.3, 0.4) is 0 Å². The number of phenolic OH excluding ortho intramolecular Hbond substituents is 1. The topological polar surface area (TPSA) is 69.3 Å². The number of hydrogen-bond acceptors (Lipinski definition) is 5. The van der Waals surface area contributed by atoms with Gasteiger partial charge >= 0.3 is 5.97 Å². The van der Waals surface area contributed by atoms with Crippen LogP contribution in [-0.2, 0) is 17.0 Å². The third-order valence-corrected chi connectivity index (χ3v) is 8.27. The van der Waals surface area contributed by atoms with Gasteiger partial charge in [-0.3, -0.25) is 0 Å². The summed E-state index contributed by atoms with van der Waals surface area (Å²) in [4.78, 5) is 17.6. The molecule has 4 aromatic rings. The molecule has 2 aromatic carbocycles. The maximum atomic E-state index is 13.4. The molecule has 182 valence electrons. The van der Waals surface area contributed by atoms with E-state index in [-0.39, 0.29) is 17.0 Å². The van der Waals surface area contributed by atoms with Crippen molar-refractivity contribution in [1.82, 2.24) is 14.1 Å². The van der Waals surface area contributed by atoms with Crippen molar-refractivity contribution in [1.29, 1.82) is 0 Å². The van der Waals surface area contributed by atoms with Crippen LogP contribution in [0.4, 0.5) is 0 Å². The Bertz CT molecular complexity index is 1350. The summed E-state index contributed by atoms with van der Waals surface area (Å²) < 4.78 is 10.4. The number of hydrogen-bond donors (Lipinski definition) is 1. The maximum Gasteiger partial charge on any atom is 0.340 e. The number of thioether (sulfide) groups is 1. The molecule has 1 aliphatic carbocycles. The predicted molar refractivity (Wildman–Crippen MR) is 143 cm³/mol. The molecule has 0 bridgehead atoms. The van der Waals surface area contributed by atoms with Crippen LogP contribution in [0.1, 0.15) is 65.2 Å². The molecule has 0 radical (unpaired) electrons. The number of fused-ring (bicyclic) bond motifs is 1. The monoisotopic (exact) mass is 553 g/mol. The van der Waals surface area contributed by atoms with Gasteiger partial charge in [-0.1, -0.05) is 30.3 Å². The number of aromatic nitrogens is 3. The molecule has 0 amide bonds. The van der Waals surface area contributed by atoms with Crippen LogP contribution < -0.4 is 0 Å². The highest BCUT2D eigenvalue weighted by Gasteiger charge is 2.34. The number of halogens is 1. The molecule has 6 nitrogen and oxygen atoms in total. The van der Waals surface area contributed by atoms with E-state index in [0.29, 0.717) is 40.5 Å². The highest BCUT2D eigenvalue weighted by Crippen LogP contribution is 2.47. The van der Waals surface area contributed by atoms with Gasteiger partial charge < -0.3 is 19.0 Å². The summed E-state index contributed by atoms with van der Waals surface area (Å²) in [6.07, 6.45) is 7.43. The van der Waals surface area contributed by atoms with Gasteiger partial charge in [0.2, 0.25) is 0 Å². The average Bonchev–Trinajstić information content (AvgIpc) is 3.46. The lowest BCUT2D eigenvalue weighted by atomic mass is 10.0. The lowest BCUT2D eigenvalue weighted by Crippen LogP contribution is -2.10. The predicted octanol–water partition coefficient (Wildman–Crippen LogP) is 6.86. The summed E-state index contributed by atoms with van der Waals surface area (Å²) in [6, 6.07) is 12.7. The standard InChI is InChI=1S/C27H28BrN3O3S/c1-3-34-27(33)25-23(15-35-17(2)18-7-5-4-6-8-18)31(19-9-10-19)22-13-21(28)26(32)20(24(22)25)14-30-12-11-29-16-30/h4-8,11-13,16-17,19,32H,3,9-10,14-15H2,1-2H3. The van der Waals surface area contributed by atoms with Crippen molar-refractivity contribution < 1.29 is 14.6 Å². The van der Waals surface area contributed by atoms with E-state index in [1.807, 2.05) is 41.6 Å². The molecule has 1 aliphatic rings. The molecule has 1 fully saturated rings. The zero-order valence-electron chi connectivity index (χ0n) is 19.8. The molecule has 1 unspecified atom stereocenters. The Morgan fingerprint density at radius 1 is 1.31 bits per heavy atom. The van der Waals surface area contributed by atoms with E-state index in [1.165, 1.54) is 5.56 Å². The van der Waals surface area contributed by atoms with Crippen molar-refractivity contribution >= 4 is 44.6 Å². The maximum absolute atomic E-state index is 13.4. The summed E-state index contributed by atoms with van der Waals surface area (Å²) in [7, 11) is 0. The molecule has 1 atom stereocenters. The first-order valence-corrected chi connectivity index (χ1v) is 13.7. The van der Waals surface area contributed by atoms with Crippen LogP contribution >= 0.6 is 27.7 Å². The summed E-state index contributed by atoms with van der Waals surface area (Å²) in [5, 5.41) is 12.1. The lowest BCUT2D eigenvalue weighted by molar-refractivity contribution is 0.0527. The zero-order valence-corrected chi connectivity index (χ0v) is 22.2. The van der Waals surface area contributed by atoms with E-state index in [0.717, 1.165) is 29.4 Å². The smallest absolute Gasteiger partial charge is 0.340 e. The Morgan fingerprint density at radius 2 is 2.09 bits per heavy atom. The van der Waals surface area contributed by atoms with Gasteiger partial charge in [-0.05, 0) is 54.2 Å². The fourth-order valence-electron chi connectivity index (χ4n) is 4.61. The number of carbonyl (C=O) groups excluding carboxylic acids is 1. The fraction of sp³-hybridized carbons (Fsp3) is 0.333. The van der Waals surface area contributed by atoms with E-state index in [2.05, 4.69) is 56.7 Å². The first-order valence-electron chi connectivity index (χ1n) is 11.9. The van der Waals surface area contributed by atoms with Crippen molar-refractivity contribution in [2.45, 2.75) is 50.3 Å². The second kappa shape index (κ2) is 10.1. The second-order valence-electron chi connectivity index (χ2n) is 8.82. The number of carbonyl (C=O) groups is 1. The lowest BCUT2D eigenvalue weighted by Gasteiger charge is -2.15. The van der Waals surface area contributed by atoms with Crippen molar-refractivity contribution in [3.63, 3.8) is 0 Å². The number of benzene rings is 2. The molecule has 1 N–H and O–H groups in total. The molecule has 0 aliphatic heterocycles. The Morgan fingerprint density at radius 3 is 2.74 bits per heavy atom. The van der Waals surface area contributed by atoms with Crippen LogP contribution in [-0.4, -0.2) is 31.8 Å². The minimum atomic E-state index is -0.339. The van der Waals surface area contributed by atoms with E-state index in [1.54, 1.807) is 12.5 Å². The summed E-state index contributed by atoms with van der Waals surface area (Å²) in [6.45, 7) is 4.71. The summed E-state index contributed by atoms with van der Waals surface area (Å²) in [5.74, 6) is 0.466. The van der Waals surface area contributed by atoms with Crippen LogP contribution in [0, 0.1) is 0 Å². The molecular weight excluding hydrogens is 526 g/mol. The molecule has 0 saturated heterocycles. The minimum absolute atomic E-state index is 0.140. The van der Waals surface area contributed by atoms with E-state index in [9.17, 15) is 9.90 Å². The van der Waals surface area contributed by atoms with Crippen LogP contribution in [0.15, 0.2) is 59.6 Å². The van der Waals surface area contributed by atoms with Gasteiger partial charge in [-0.15, -0.1) is 11.8 Å². The number of nitrogens with zero attached hydrogens (tertiary/aromatic N) is 3. The highest BCUT2D eigenvalue weighted by molar-refractivity contribution is 9.10. The molecule has 2 aromatic heterocycles. The molecule has 5 rings (SSSR count). The van der Waals surface area contributed by atoms with E-state index >= 15 is 0 Å². The molecule has 1 saturated carbocycles. The Hall–Kier alpha value is -2.71. The number of esters is 1. The van der Waals surface area contributed by atoms with Crippen LogP contribution in [0.25, 0.3) is 10.9 Å². The van der Waals surface area contributed by atoms with Crippen molar-refractivity contribution in [2.24, 2.45) is 0 Å². The first kappa shape index (κ1) is 24.0. The van der Waals surface area contributed by atoms with Gasteiger partial charge in [0, 0.05) is 46.1 Å². The minimum Gasteiger partial charge on any atom is -0.506 e. The number of aromatic hydroxyl groups is 1. The van der Waals surface area contributed by atoms with Gasteiger partial charge in [-0.2, -0.15) is 0 Å². The molecule has 8 heteroatoms. The van der Waals surface area contributed by atoms with Gasteiger partial charge in [-0.25, -0.2) is 9.78 Å². The SMILES string of the molecule is CCOC(=O)c1c(CSC(C)c2ccccc2)n(C2CC2)c2cc(Br)c(O)c(Cn3ccnc3)c12. The third-order valence-electron chi connectivity index (χ3n) is 6.45. The van der Waals surface area contributed by atoms with Crippen LogP contribution in [0.5, 0.6) is 5.75 Å². The van der Waals surface area contributed by atoms with Gasteiger partial charge in [0.1, 0.15) is 5.75 Å². The molecule has 0 spiro atoms. The summed E-state index contributed by atoms with van der Waals surface area (Å²) >= 11 is 5.37.